The smallest absolute Gasteiger partial charge is 0.242 e. The van der Waals surface area contributed by atoms with Crippen molar-refractivity contribution in [2.45, 2.75) is 44.7 Å². The molecular weight excluding hydrogens is 336 g/mol. The van der Waals surface area contributed by atoms with Crippen LogP contribution >= 0.6 is 0 Å². The van der Waals surface area contributed by atoms with E-state index in [2.05, 4.69) is 23.3 Å². The lowest BCUT2D eigenvalue weighted by Crippen LogP contribution is -2.34. The maximum absolute atomic E-state index is 12.4. The Morgan fingerprint density at radius 1 is 1.32 bits per heavy atom. The predicted octanol–water partition coefficient (Wildman–Crippen LogP) is 2.54. The topological polar surface area (TPSA) is 58.4 Å². The minimum absolute atomic E-state index is 0.295. The zero-order chi connectivity index (χ0) is 18.2. The van der Waals surface area contributed by atoms with Gasteiger partial charge in [-0.3, -0.25) is 4.90 Å². The average Bonchev–Trinajstić information content (AvgIpc) is 2.90. The Hall–Kier alpha value is -1.44. The number of imidazole rings is 1. The predicted molar refractivity (Wildman–Crippen MR) is 100.0 cm³/mol. The number of nitrogens with zero attached hydrogens (tertiary/aromatic N) is 4. The molecule has 7 heteroatoms. The molecule has 1 fully saturated rings. The normalized spacial score (nSPS) is 19.8. The van der Waals surface area contributed by atoms with Crippen molar-refractivity contribution >= 4 is 21.1 Å². The first-order valence-corrected chi connectivity index (χ1v) is 10.4. The van der Waals surface area contributed by atoms with Crippen LogP contribution in [0, 0.1) is 5.92 Å². The molecule has 3 rings (SSSR count). The number of aromatic nitrogens is 2. The van der Waals surface area contributed by atoms with Crippen molar-refractivity contribution < 1.29 is 8.42 Å². The number of hydrogen-bond donors (Lipinski definition) is 0. The summed E-state index contributed by atoms with van der Waals surface area (Å²) in [6, 6.07) is 5.25. The lowest BCUT2D eigenvalue weighted by Gasteiger charge is -2.30. The fourth-order valence-electron chi connectivity index (χ4n) is 3.63. The molecule has 0 amide bonds. The van der Waals surface area contributed by atoms with E-state index in [9.17, 15) is 8.42 Å². The number of benzene rings is 1. The summed E-state index contributed by atoms with van der Waals surface area (Å²) < 4.78 is 28.2. The van der Waals surface area contributed by atoms with Gasteiger partial charge in [0.15, 0.2) is 0 Å². The summed E-state index contributed by atoms with van der Waals surface area (Å²) >= 11 is 0. The monoisotopic (exact) mass is 364 g/mol. The molecule has 1 aromatic carbocycles. The van der Waals surface area contributed by atoms with E-state index >= 15 is 0 Å². The van der Waals surface area contributed by atoms with Crippen LogP contribution in [-0.4, -0.2) is 54.4 Å². The molecule has 138 valence electrons. The van der Waals surface area contributed by atoms with E-state index in [1.54, 1.807) is 26.2 Å². The summed E-state index contributed by atoms with van der Waals surface area (Å²) in [5.74, 6) is 1.75. The van der Waals surface area contributed by atoms with Crippen molar-refractivity contribution in [3.8, 4) is 0 Å². The van der Waals surface area contributed by atoms with Crippen molar-refractivity contribution in [2.24, 2.45) is 5.92 Å². The van der Waals surface area contributed by atoms with E-state index in [0.29, 0.717) is 4.90 Å². The molecule has 1 atom stereocenters. The molecule has 0 saturated carbocycles. The number of piperidine rings is 1. The molecule has 0 spiro atoms. The third-order valence-electron chi connectivity index (χ3n) is 5.00. The van der Waals surface area contributed by atoms with Gasteiger partial charge in [0, 0.05) is 27.2 Å². The molecule has 0 aliphatic carbocycles. The summed E-state index contributed by atoms with van der Waals surface area (Å²) in [5.41, 5.74) is 1.75. The summed E-state index contributed by atoms with van der Waals surface area (Å²) in [5, 5.41) is 0. The molecule has 1 unspecified atom stereocenters. The maximum atomic E-state index is 12.4. The molecule has 1 aromatic heterocycles. The van der Waals surface area contributed by atoms with E-state index in [0.717, 1.165) is 49.0 Å². The number of fused-ring (bicyclic) bond motifs is 1. The van der Waals surface area contributed by atoms with E-state index in [4.69, 9.17) is 4.98 Å². The quantitative estimate of drug-likeness (QED) is 0.818. The van der Waals surface area contributed by atoms with Gasteiger partial charge in [-0.05, 0) is 50.4 Å². The Balaban J connectivity index is 1.97. The van der Waals surface area contributed by atoms with E-state index in [-0.39, 0.29) is 0 Å². The van der Waals surface area contributed by atoms with Gasteiger partial charge >= 0.3 is 0 Å². The van der Waals surface area contributed by atoms with Gasteiger partial charge in [0.2, 0.25) is 10.0 Å². The number of aryl methyl sites for hydroxylation is 1. The molecule has 0 N–H and O–H groups in total. The molecule has 1 aliphatic heterocycles. The molecule has 0 bridgehead atoms. The van der Waals surface area contributed by atoms with Crippen LogP contribution in [0.5, 0.6) is 0 Å². The maximum Gasteiger partial charge on any atom is 0.242 e. The van der Waals surface area contributed by atoms with Crippen molar-refractivity contribution in [1.82, 2.24) is 18.8 Å². The van der Waals surface area contributed by atoms with E-state index in [1.807, 2.05) is 6.07 Å². The van der Waals surface area contributed by atoms with Gasteiger partial charge in [-0.25, -0.2) is 17.7 Å². The van der Waals surface area contributed by atoms with Gasteiger partial charge in [0.25, 0.3) is 0 Å². The van der Waals surface area contributed by atoms with Crippen LogP contribution in [0.3, 0.4) is 0 Å². The second-order valence-electron chi connectivity index (χ2n) is 7.19. The van der Waals surface area contributed by atoms with E-state index < -0.39 is 10.0 Å². The van der Waals surface area contributed by atoms with Gasteiger partial charge in [-0.1, -0.05) is 6.92 Å². The molecule has 6 nitrogen and oxygen atoms in total. The van der Waals surface area contributed by atoms with Crippen LogP contribution < -0.4 is 0 Å². The number of rotatable bonds is 5. The lowest BCUT2D eigenvalue weighted by molar-refractivity contribution is 0.171. The third kappa shape index (κ3) is 3.59. The van der Waals surface area contributed by atoms with Crippen LogP contribution in [-0.2, 0) is 23.1 Å². The molecule has 0 radical (unpaired) electrons. The SMILES string of the molecule is CCn1c(CN2CCCC(C)C2)nc2cc(S(=O)(=O)N(C)C)ccc21. The number of hydrogen-bond acceptors (Lipinski definition) is 4. The average molecular weight is 365 g/mol. The highest BCUT2D eigenvalue weighted by molar-refractivity contribution is 7.89. The molecular formula is C18H28N4O2S. The zero-order valence-electron chi connectivity index (χ0n) is 15.6. The van der Waals surface area contributed by atoms with Crippen LogP contribution in [0.15, 0.2) is 23.1 Å². The van der Waals surface area contributed by atoms with Crippen molar-refractivity contribution in [2.75, 3.05) is 27.2 Å². The first-order valence-electron chi connectivity index (χ1n) is 8.97. The van der Waals surface area contributed by atoms with Crippen LogP contribution in [0.4, 0.5) is 0 Å². The van der Waals surface area contributed by atoms with Gasteiger partial charge in [-0.15, -0.1) is 0 Å². The fourth-order valence-corrected chi connectivity index (χ4v) is 4.56. The Bertz CT molecular complexity index is 857. The van der Waals surface area contributed by atoms with Gasteiger partial charge < -0.3 is 4.57 Å². The van der Waals surface area contributed by atoms with Crippen LogP contribution in [0.1, 0.15) is 32.5 Å². The number of sulfonamides is 1. The highest BCUT2D eigenvalue weighted by Gasteiger charge is 2.21. The Labute approximate surface area is 150 Å². The first kappa shape index (κ1) is 18.4. The molecule has 25 heavy (non-hydrogen) atoms. The minimum atomic E-state index is -3.44. The Kier molecular flexibility index (Phi) is 5.18. The second kappa shape index (κ2) is 7.05. The highest BCUT2D eigenvalue weighted by Crippen LogP contribution is 2.24. The number of likely N-dealkylation sites (tertiary alicyclic amines) is 1. The fraction of sp³-hybridized carbons (Fsp3) is 0.611. The standard InChI is InChI=1S/C18H28N4O2S/c1-5-22-17-9-8-15(25(23,24)20(3)4)11-16(17)19-18(22)13-21-10-6-7-14(2)12-21/h8-9,11,14H,5-7,10,12-13H2,1-4H3. The van der Waals surface area contributed by atoms with Crippen LogP contribution in [0.25, 0.3) is 11.0 Å². The second-order valence-corrected chi connectivity index (χ2v) is 9.34. The highest BCUT2D eigenvalue weighted by atomic mass is 32.2. The molecule has 1 saturated heterocycles. The van der Waals surface area contributed by atoms with Crippen molar-refractivity contribution in [1.29, 1.82) is 0 Å². The minimum Gasteiger partial charge on any atom is -0.327 e. The summed E-state index contributed by atoms with van der Waals surface area (Å²) in [4.78, 5) is 7.53. The summed E-state index contributed by atoms with van der Waals surface area (Å²) in [6.45, 7) is 8.27. The Morgan fingerprint density at radius 2 is 2.08 bits per heavy atom. The van der Waals surface area contributed by atoms with E-state index in [1.165, 1.54) is 17.1 Å². The summed E-state index contributed by atoms with van der Waals surface area (Å²) in [7, 11) is -0.342. The van der Waals surface area contributed by atoms with Crippen molar-refractivity contribution in [3.05, 3.63) is 24.0 Å². The molecule has 1 aliphatic rings. The molecule has 2 heterocycles. The first-order chi connectivity index (χ1) is 11.8. The van der Waals surface area contributed by atoms with Gasteiger partial charge in [0.1, 0.15) is 5.82 Å². The van der Waals surface area contributed by atoms with Crippen molar-refractivity contribution in [3.63, 3.8) is 0 Å². The molecule has 2 aromatic rings. The van der Waals surface area contributed by atoms with Gasteiger partial charge in [0.05, 0.1) is 22.5 Å². The largest absolute Gasteiger partial charge is 0.327 e. The van der Waals surface area contributed by atoms with Gasteiger partial charge in [-0.2, -0.15) is 0 Å². The zero-order valence-corrected chi connectivity index (χ0v) is 16.4. The summed E-state index contributed by atoms with van der Waals surface area (Å²) in [6.07, 6.45) is 2.53. The Morgan fingerprint density at radius 3 is 2.72 bits per heavy atom. The lowest BCUT2D eigenvalue weighted by atomic mass is 10.0. The van der Waals surface area contributed by atoms with Crippen LogP contribution in [0.2, 0.25) is 0 Å². The third-order valence-corrected chi connectivity index (χ3v) is 6.81.